The smallest absolute Gasteiger partial charge is 0.320 e. The average molecular weight is 338 g/mol. The normalized spacial score (nSPS) is 14.0. The highest BCUT2D eigenvalue weighted by Crippen LogP contribution is 2.13. The molecular weight excluding hydrogens is 316 g/mol. The van der Waals surface area contributed by atoms with Gasteiger partial charge in [-0.1, -0.05) is 35.9 Å². The number of amides is 3. The molecule has 1 fully saturated rings. The Morgan fingerprint density at radius 2 is 1.88 bits per heavy atom. The first-order chi connectivity index (χ1) is 12.1. The van der Waals surface area contributed by atoms with Gasteiger partial charge in [0.1, 0.15) is 6.54 Å². The number of benzene rings is 1. The summed E-state index contributed by atoms with van der Waals surface area (Å²) in [6, 6.07) is 13.6. The first-order valence-electron chi connectivity index (χ1n) is 8.38. The molecule has 0 unspecified atom stereocenters. The first-order valence-corrected chi connectivity index (χ1v) is 8.38. The predicted molar refractivity (Wildman–Crippen MR) is 94.6 cm³/mol. The lowest BCUT2D eigenvalue weighted by molar-refractivity contribution is -0.121. The topological polar surface area (TPSA) is 65.5 Å². The summed E-state index contributed by atoms with van der Waals surface area (Å²) in [5.74, 6) is -0.170. The van der Waals surface area contributed by atoms with Crippen LogP contribution in [0.25, 0.3) is 0 Å². The number of carbonyl (C=O) groups excluding carboxylic acids is 2. The second kappa shape index (κ2) is 7.79. The molecule has 0 bridgehead atoms. The third-order valence-electron chi connectivity index (χ3n) is 4.20. The molecule has 0 atom stereocenters. The molecule has 3 amide bonds. The van der Waals surface area contributed by atoms with Crippen LogP contribution in [0.15, 0.2) is 48.7 Å². The molecule has 6 heteroatoms. The Labute approximate surface area is 147 Å². The number of aromatic nitrogens is 1. The fourth-order valence-electron chi connectivity index (χ4n) is 2.76. The maximum atomic E-state index is 12.4. The zero-order valence-electron chi connectivity index (χ0n) is 14.3. The van der Waals surface area contributed by atoms with Crippen molar-refractivity contribution in [1.29, 1.82) is 0 Å². The summed E-state index contributed by atoms with van der Waals surface area (Å²) >= 11 is 0. The van der Waals surface area contributed by atoms with Crippen LogP contribution in [0.3, 0.4) is 0 Å². The highest BCUT2D eigenvalue weighted by Gasteiger charge is 2.29. The van der Waals surface area contributed by atoms with E-state index in [4.69, 9.17) is 0 Å². The van der Waals surface area contributed by atoms with E-state index in [0.29, 0.717) is 26.2 Å². The van der Waals surface area contributed by atoms with E-state index in [-0.39, 0.29) is 18.5 Å². The van der Waals surface area contributed by atoms with E-state index in [1.165, 1.54) is 5.56 Å². The summed E-state index contributed by atoms with van der Waals surface area (Å²) in [7, 11) is 0. The van der Waals surface area contributed by atoms with Gasteiger partial charge < -0.3 is 15.1 Å². The first kappa shape index (κ1) is 17.0. The molecule has 2 heterocycles. The zero-order valence-corrected chi connectivity index (χ0v) is 14.3. The Kier molecular flexibility index (Phi) is 5.28. The Hall–Kier alpha value is -2.89. The number of urea groups is 1. The van der Waals surface area contributed by atoms with Crippen molar-refractivity contribution in [2.75, 3.05) is 19.6 Å². The lowest BCUT2D eigenvalue weighted by Gasteiger charge is -2.18. The molecule has 1 aliphatic rings. The Bertz CT molecular complexity index is 731. The Morgan fingerprint density at radius 3 is 2.60 bits per heavy atom. The van der Waals surface area contributed by atoms with Crippen molar-refractivity contribution in [1.82, 2.24) is 20.1 Å². The van der Waals surface area contributed by atoms with E-state index in [9.17, 15) is 9.59 Å². The third-order valence-corrected chi connectivity index (χ3v) is 4.20. The van der Waals surface area contributed by atoms with Crippen LogP contribution in [0.1, 0.15) is 16.8 Å². The molecule has 0 aliphatic carbocycles. The van der Waals surface area contributed by atoms with Crippen molar-refractivity contribution in [3.05, 3.63) is 65.5 Å². The number of pyridine rings is 1. The molecule has 0 radical (unpaired) electrons. The minimum Gasteiger partial charge on any atom is -0.349 e. The maximum absolute atomic E-state index is 12.4. The number of aryl methyl sites for hydroxylation is 1. The summed E-state index contributed by atoms with van der Waals surface area (Å²) in [6.45, 7) is 4.27. The fraction of sp³-hybridized carbons (Fsp3) is 0.316. The second-order valence-corrected chi connectivity index (χ2v) is 6.21. The van der Waals surface area contributed by atoms with Gasteiger partial charge >= 0.3 is 6.03 Å². The molecule has 1 aromatic carbocycles. The molecule has 2 aromatic rings. The van der Waals surface area contributed by atoms with E-state index in [1.807, 2.05) is 49.4 Å². The van der Waals surface area contributed by atoms with Crippen LogP contribution in [0.4, 0.5) is 4.79 Å². The molecule has 1 aliphatic heterocycles. The SMILES string of the molecule is Cc1ccc(CN2CCN(CC(=O)NCc3ccccn3)C2=O)cc1. The van der Waals surface area contributed by atoms with Crippen LogP contribution < -0.4 is 5.32 Å². The summed E-state index contributed by atoms with van der Waals surface area (Å²) < 4.78 is 0. The van der Waals surface area contributed by atoms with Gasteiger partial charge in [0.2, 0.25) is 5.91 Å². The second-order valence-electron chi connectivity index (χ2n) is 6.21. The van der Waals surface area contributed by atoms with Crippen molar-refractivity contribution >= 4 is 11.9 Å². The van der Waals surface area contributed by atoms with Gasteiger partial charge in [0, 0.05) is 25.8 Å². The minimum atomic E-state index is -0.170. The van der Waals surface area contributed by atoms with E-state index in [2.05, 4.69) is 10.3 Å². The van der Waals surface area contributed by atoms with E-state index in [1.54, 1.807) is 16.0 Å². The van der Waals surface area contributed by atoms with Crippen molar-refractivity contribution in [3.8, 4) is 0 Å². The van der Waals surface area contributed by atoms with Crippen molar-refractivity contribution in [2.45, 2.75) is 20.0 Å². The molecule has 0 saturated carbocycles. The van der Waals surface area contributed by atoms with Crippen molar-refractivity contribution < 1.29 is 9.59 Å². The monoisotopic (exact) mass is 338 g/mol. The molecule has 1 aromatic heterocycles. The van der Waals surface area contributed by atoms with Crippen LogP contribution in [0.5, 0.6) is 0 Å². The van der Waals surface area contributed by atoms with Gasteiger partial charge in [0.05, 0.1) is 12.2 Å². The van der Waals surface area contributed by atoms with E-state index >= 15 is 0 Å². The van der Waals surface area contributed by atoms with Gasteiger partial charge in [-0.15, -0.1) is 0 Å². The maximum Gasteiger partial charge on any atom is 0.320 e. The van der Waals surface area contributed by atoms with Gasteiger partial charge in [-0.25, -0.2) is 4.79 Å². The number of hydrogen-bond acceptors (Lipinski definition) is 3. The fourth-order valence-corrected chi connectivity index (χ4v) is 2.76. The highest BCUT2D eigenvalue weighted by atomic mass is 16.2. The van der Waals surface area contributed by atoms with E-state index in [0.717, 1.165) is 11.3 Å². The van der Waals surface area contributed by atoms with E-state index < -0.39 is 0 Å². The molecule has 1 N–H and O–H groups in total. The summed E-state index contributed by atoms with van der Waals surface area (Å²) in [6.07, 6.45) is 1.69. The van der Waals surface area contributed by atoms with Gasteiger partial charge in [0.25, 0.3) is 0 Å². The van der Waals surface area contributed by atoms with Crippen molar-refractivity contribution in [3.63, 3.8) is 0 Å². The Balaban J connectivity index is 1.48. The summed E-state index contributed by atoms with van der Waals surface area (Å²) in [5, 5.41) is 2.80. The van der Waals surface area contributed by atoms with Gasteiger partial charge in [-0.05, 0) is 24.6 Å². The Morgan fingerprint density at radius 1 is 1.12 bits per heavy atom. The molecule has 130 valence electrons. The highest BCUT2D eigenvalue weighted by molar-refractivity contribution is 5.85. The predicted octanol–water partition coefficient (Wildman–Crippen LogP) is 1.94. The number of rotatable bonds is 6. The number of nitrogens with one attached hydrogen (secondary N) is 1. The van der Waals surface area contributed by atoms with Gasteiger partial charge in [-0.3, -0.25) is 9.78 Å². The molecular formula is C19H22N4O2. The lowest BCUT2D eigenvalue weighted by Crippen LogP contribution is -2.39. The van der Waals surface area contributed by atoms with Crippen LogP contribution in [0.2, 0.25) is 0 Å². The van der Waals surface area contributed by atoms with Crippen LogP contribution in [-0.2, 0) is 17.9 Å². The quantitative estimate of drug-likeness (QED) is 0.875. The minimum absolute atomic E-state index is 0.0794. The van der Waals surface area contributed by atoms with Gasteiger partial charge in [-0.2, -0.15) is 0 Å². The summed E-state index contributed by atoms with van der Waals surface area (Å²) in [4.78, 5) is 32.0. The zero-order chi connectivity index (χ0) is 17.6. The number of nitrogens with zero attached hydrogens (tertiary/aromatic N) is 3. The average Bonchev–Trinajstić information content (AvgIpc) is 2.96. The van der Waals surface area contributed by atoms with Crippen LogP contribution in [-0.4, -0.2) is 46.4 Å². The number of carbonyl (C=O) groups is 2. The standard InChI is InChI=1S/C19H22N4O2/c1-15-5-7-16(8-6-15)13-22-10-11-23(19(22)25)14-18(24)21-12-17-4-2-3-9-20-17/h2-9H,10-14H2,1H3,(H,21,24). The van der Waals surface area contributed by atoms with Crippen LogP contribution in [0, 0.1) is 6.92 Å². The molecule has 1 saturated heterocycles. The molecule has 25 heavy (non-hydrogen) atoms. The molecule has 3 rings (SSSR count). The van der Waals surface area contributed by atoms with Crippen molar-refractivity contribution in [2.24, 2.45) is 0 Å². The van der Waals surface area contributed by atoms with Gasteiger partial charge in [0.15, 0.2) is 0 Å². The largest absolute Gasteiger partial charge is 0.349 e. The van der Waals surface area contributed by atoms with Crippen LogP contribution >= 0.6 is 0 Å². The number of hydrogen-bond donors (Lipinski definition) is 1. The lowest BCUT2D eigenvalue weighted by atomic mass is 10.1. The molecule has 6 nitrogen and oxygen atoms in total. The third kappa shape index (κ3) is 4.56. The molecule has 0 spiro atoms. The summed E-state index contributed by atoms with van der Waals surface area (Å²) in [5.41, 5.74) is 3.09.